The Balaban J connectivity index is 1.50. The second kappa shape index (κ2) is 10.8. The van der Waals surface area contributed by atoms with Crippen LogP contribution in [0.1, 0.15) is 46.9 Å². The number of pyridine rings is 1. The first-order valence-electron chi connectivity index (χ1n) is 11.6. The Morgan fingerprint density at radius 2 is 1.86 bits per heavy atom. The summed E-state index contributed by atoms with van der Waals surface area (Å²) in [7, 11) is 0. The van der Waals surface area contributed by atoms with Gasteiger partial charge in [-0.3, -0.25) is 14.6 Å². The predicted molar refractivity (Wildman–Crippen MR) is 138 cm³/mol. The third kappa shape index (κ3) is 5.46. The van der Waals surface area contributed by atoms with Gasteiger partial charge in [-0.2, -0.15) is 5.10 Å². The fourth-order valence-electron chi connectivity index (χ4n) is 4.41. The zero-order valence-corrected chi connectivity index (χ0v) is 19.8. The van der Waals surface area contributed by atoms with Crippen LogP contribution < -0.4 is 5.32 Å². The first-order valence-corrected chi connectivity index (χ1v) is 11.6. The number of hydrogen-bond acceptors (Lipinski definition) is 4. The van der Waals surface area contributed by atoms with Gasteiger partial charge in [0.1, 0.15) is 0 Å². The van der Waals surface area contributed by atoms with Crippen LogP contribution in [0.25, 0.3) is 5.69 Å². The van der Waals surface area contributed by atoms with Gasteiger partial charge in [-0.1, -0.05) is 23.8 Å². The second-order valence-corrected chi connectivity index (χ2v) is 8.62. The molecule has 1 aliphatic heterocycles. The Morgan fingerprint density at radius 3 is 2.54 bits per heavy atom. The summed E-state index contributed by atoms with van der Waals surface area (Å²) in [6.45, 7) is 9.87. The largest absolute Gasteiger partial charge is 0.328 e. The van der Waals surface area contributed by atoms with E-state index in [0.717, 1.165) is 18.5 Å². The maximum atomic E-state index is 13.5. The molecule has 0 saturated heterocycles. The topological polar surface area (TPSA) is 80.1 Å². The fourth-order valence-corrected chi connectivity index (χ4v) is 4.41. The third-order valence-electron chi connectivity index (χ3n) is 6.01. The lowest BCUT2D eigenvalue weighted by atomic mass is 9.91. The Bertz CT molecular complexity index is 1240. The van der Waals surface area contributed by atoms with E-state index in [0.29, 0.717) is 23.2 Å². The highest BCUT2D eigenvalue weighted by Gasteiger charge is 2.32. The molecule has 4 rings (SSSR count). The van der Waals surface area contributed by atoms with E-state index >= 15 is 0 Å². The lowest BCUT2D eigenvalue weighted by Crippen LogP contribution is -2.48. The molecule has 1 aliphatic rings. The van der Waals surface area contributed by atoms with Crippen molar-refractivity contribution in [3.05, 3.63) is 109 Å². The SMILES string of the molecule is C=CC[C@H]1CC(C)=C[C@H](CC=C)N1C(=O)c1ccc(-n2cc(NC(=O)c3cccnc3)cn2)cc1. The number of aromatic nitrogens is 3. The van der Waals surface area contributed by atoms with Gasteiger partial charge in [0, 0.05) is 24.0 Å². The molecule has 2 amide bonds. The number of carbonyl (C=O) groups excluding carboxylic acids is 2. The highest BCUT2D eigenvalue weighted by Crippen LogP contribution is 2.29. The van der Waals surface area contributed by atoms with Gasteiger partial charge in [-0.15, -0.1) is 13.2 Å². The van der Waals surface area contributed by atoms with Crippen LogP contribution >= 0.6 is 0 Å². The van der Waals surface area contributed by atoms with E-state index in [9.17, 15) is 9.59 Å². The van der Waals surface area contributed by atoms with Crippen LogP contribution in [-0.4, -0.2) is 43.6 Å². The average molecular weight is 468 g/mol. The molecule has 3 heterocycles. The molecule has 178 valence electrons. The molecule has 0 bridgehead atoms. The van der Waals surface area contributed by atoms with Gasteiger partial charge in [0.25, 0.3) is 11.8 Å². The number of nitrogens with zero attached hydrogens (tertiary/aromatic N) is 4. The van der Waals surface area contributed by atoms with Crippen molar-refractivity contribution in [1.29, 1.82) is 0 Å². The van der Waals surface area contributed by atoms with Crippen molar-refractivity contribution < 1.29 is 9.59 Å². The van der Waals surface area contributed by atoms with E-state index in [1.165, 1.54) is 11.8 Å². The molecule has 0 radical (unpaired) electrons. The summed E-state index contributed by atoms with van der Waals surface area (Å²) < 4.78 is 1.65. The highest BCUT2D eigenvalue weighted by atomic mass is 16.2. The third-order valence-corrected chi connectivity index (χ3v) is 6.01. The van der Waals surface area contributed by atoms with Crippen molar-refractivity contribution >= 4 is 17.5 Å². The van der Waals surface area contributed by atoms with Crippen molar-refractivity contribution in [2.24, 2.45) is 0 Å². The van der Waals surface area contributed by atoms with Crippen LogP contribution in [0.15, 0.2) is 98.1 Å². The number of amides is 2. The molecule has 3 aromatic rings. The van der Waals surface area contributed by atoms with Crippen LogP contribution in [0.5, 0.6) is 0 Å². The van der Waals surface area contributed by atoms with Crippen LogP contribution in [0.2, 0.25) is 0 Å². The predicted octanol–water partition coefficient (Wildman–Crippen LogP) is 5.20. The lowest BCUT2D eigenvalue weighted by molar-refractivity contribution is 0.0601. The van der Waals surface area contributed by atoms with Gasteiger partial charge in [-0.05, 0) is 62.6 Å². The minimum Gasteiger partial charge on any atom is -0.328 e. The van der Waals surface area contributed by atoms with Gasteiger partial charge in [-0.25, -0.2) is 4.68 Å². The average Bonchev–Trinajstić information content (AvgIpc) is 3.33. The zero-order valence-electron chi connectivity index (χ0n) is 19.8. The first kappa shape index (κ1) is 23.9. The number of benzene rings is 1. The smallest absolute Gasteiger partial charge is 0.257 e. The summed E-state index contributed by atoms with van der Waals surface area (Å²) in [4.78, 5) is 31.8. The van der Waals surface area contributed by atoms with E-state index < -0.39 is 0 Å². The molecule has 2 aromatic heterocycles. The second-order valence-electron chi connectivity index (χ2n) is 8.62. The summed E-state index contributed by atoms with van der Waals surface area (Å²) in [6, 6.07) is 10.8. The van der Waals surface area contributed by atoms with Gasteiger partial charge < -0.3 is 10.2 Å². The monoisotopic (exact) mass is 467 g/mol. The molecule has 2 atom stereocenters. The van der Waals surface area contributed by atoms with E-state index in [4.69, 9.17) is 0 Å². The van der Waals surface area contributed by atoms with Crippen molar-refractivity contribution in [3.8, 4) is 5.69 Å². The highest BCUT2D eigenvalue weighted by molar-refractivity contribution is 6.03. The summed E-state index contributed by atoms with van der Waals surface area (Å²) in [6.07, 6.45) is 14.6. The number of carbonyl (C=O) groups is 2. The normalized spacial score (nSPS) is 17.4. The van der Waals surface area contributed by atoms with Crippen molar-refractivity contribution in [2.75, 3.05) is 5.32 Å². The fraction of sp³-hybridized carbons (Fsp3) is 0.214. The Hall–Kier alpha value is -4.26. The number of anilines is 1. The van der Waals surface area contributed by atoms with E-state index in [-0.39, 0.29) is 23.9 Å². The molecule has 0 spiro atoms. The molecule has 0 saturated carbocycles. The number of rotatable bonds is 8. The molecule has 1 aromatic carbocycles. The number of nitrogens with one attached hydrogen (secondary N) is 1. The van der Waals surface area contributed by atoms with Crippen molar-refractivity contribution in [2.45, 2.75) is 38.3 Å². The molecule has 0 unspecified atom stereocenters. The van der Waals surface area contributed by atoms with Gasteiger partial charge in [0.2, 0.25) is 0 Å². The van der Waals surface area contributed by atoms with Crippen LogP contribution in [-0.2, 0) is 0 Å². The van der Waals surface area contributed by atoms with Crippen molar-refractivity contribution in [1.82, 2.24) is 19.7 Å². The molecule has 0 fully saturated rings. The van der Waals surface area contributed by atoms with Crippen LogP contribution in [0.4, 0.5) is 5.69 Å². The van der Waals surface area contributed by atoms with Gasteiger partial charge in [0.05, 0.1) is 35.4 Å². The van der Waals surface area contributed by atoms with Crippen LogP contribution in [0, 0.1) is 0 Å². The Labute approximate surface area is 205 Å². The quantitative estimate of drug-likeness (QED) is 0.462. The summed E-state index contributed by atoms with van der Waals surface area (Å²) in [5.41, 5.74) is 3.71. The maximum absolute atomic E-state index is 13.5. The summed E-state index contributed by atoms with van der Waals surface area (Å²) in [5, 5.41) is 7.15. The van der Waals surface area contributed by atoms with Crippen LogP contribution in [0.3, 0.4) is 0 Å². The molecule has 0 aliphatic carbocycles. The zero-order chi connectivity index (χ0) is 24.8. The van der Waals surface area contributed by atoms with E-state index in [1.54, 1.807) is 35.4 Å². The van der Waals surface area contributed by atoms with Crippen molar-refractivity contribution in [3.63, 3.8) is 0 Å². The number of hydrogen-bond donors (Lipinski definition) is 1. The maximum Gasteiger partial charge on any atom is 0.257 e. The summed E-state index contributed by atoms with van der Waals surface area (Å²) in [5.74, 6) is -0.267. The Morgan fingerprint density at radius 1 is 1.09 bits per heavy atom. The standard InChI is InChI=1S/C28H29N5O2/c1-4-7-25-15-20(3)16-26(8-5-2)33(25)28(35)21-10-12-24(13-11-21)32-19-23(18-30-32)31-27(34)22-9-6-14-29-17-22/h4-6,9-15,17-19,25-26H,1-2,7-8,16H2,3H3,(H,31,34)/t25-,26-/m0/s1. The molecule has 7 nitrogen and oxygen atoms in total. The molecule has 35 heavy (non-hydrogen) atoms. The molecule has 7 heteroatoms. The van der Waals surface area contributed by atoms with Gasteiger partial charge in [0.15, 0.2) is 0 Å². The molecule has 1 N–H and O–H groups in total. The first-order chi connectivity index (χ1) is 17.0. The van der Waals surface area contributed by atoms with E-state index in [2.05, 4.69) is 41.6 Å². The Kier molecular flexibility index (Phi) is 7.35. The van der Waals surface area contributed by atoms with Gasteiger partial charge >= 0.3 is 0 Å². The summed E-state index contributed by atoms with van der Waals surface area (Å²) >= 11 is 0. The molecular weight excluding hydrogens is 438 g/mol. The molecular formula is C28H29N5O2. The lowest BCUT2D eigenvalue weighted by Gasteiger charge is -2.40. The van der Waals surface area contributed by atoms with E-state index in [1.807, 2.05) is 41.3 Å². The minimum atomic E-state index is -0.257. The minimum absolute atomic E-state index is 0.0103.